The van der Waals surface area contributed by atoms with E-state index in [0.29, 0.717) is 24.7 Å². The van der Waals surface area contributed by atoms with Crippen LogP contribution in [0, 0.1) is 5.92 Å². The Bertz CT molecular complexity index is 618. The topological polar surface area (TPSA) is 58.6 Å². The lowest BCUT2D eigenvalue weighted by Crippen LogP contribution is -2.20. The molecule has 1 aromatic carbocycles. The number of carbonyl (C=O) groups excluding carboxylic acids is 1. The summed E-state index contributed by atoms with van der Waals surface area (Å²) in [5.74, 6) is 0.847. The van der Waals surface area contributed by atoms with Gasteiger partial charge in [-0.3, -0.25) is 4.79 Å². The zero-order chi connectivity index (χ0) is 22.2. The molecule has 0 fully saturated rings. The van der Waals surface area contributed by atoms with E-state index in [1.807, 2.05) is 12.1 Å². The Labute approximate surface area is 178 Å². The lowest BCUT2D eigenvalue weighted by molar-refractivity contribution is -0.117. The molecule has 29 heavy (non-hydrogen) atoms. The van der Waals surface area contributed by atoms with Crippen molar-refractivity contribution >= 4 is 11.6 Å². The van der Waals surface area contributed by atoms with E-state index in [1.54, 1.807) is 0 Å². The number of hydrogen-bond donors (Lipinski definition) is 2. The van der Waals surface area contributed by atoms with Crippen LogP contribution in [0.4, 0.5) is 5.69 Å². The minimum atomic E-state index is -0.221. The average Bonchev–Trinajstić information content (AvgIpc) is 2.60. The van der Waals surface area contributed by atoms with Crippen molar-refractivity contribution < 1.29 is 14.6 Å². The Kier molecular flexibility index (Phi) is 9.67. The lowest BCUT2D eigenvalue weighted by atomic mass is 9.79. The summed E-state index contributed by atoms with van der Waals surface area (Å²) in [6.45, 7) is 18.0. The maximum atomic E-state index is 12.5. The van der Waals surface area contributed by atoms with E-state index in [1.165, 1.54) is 19.3 Å². The third-order valence-electron chi connectivity index (χ3n) is 5.38. The van der Waals surface area contributed by atoms with Crippen molar-refractivity contribution in [3.8, 4) is 5.75 Å². The summed E-state index contributed by atoms with van der Waals surface area (Å²) in [7, 11) is 0. The Morgan fingerprint density at radius 3 is 2.07 bits per heavy atom. The highest BCUT2D eigenvalue weighted by Crippen LogP contribution is 2.41. The van der Waals surface area contributed by atoms with Crippen LogP contribution in [-0.4, -0.2) is 24.2 Å². The standard InChI is InChI=1S/C25H43NO3/c1-9-11-12-18(10-2)17-29-14-13-22(27)26-19-15-20(24(3,4)5)23(28)21(16-19)25(6,7)8/h15-16,18,28H,9-14,17H2,1-8H3,(H,26,27). The minimum Gasteiger partial charge on any atom is -0.507 e. The van der Waals surface area contributed by atoms with Gasteiger partial charge in [0.15, 0.2) is 0 Å². The second-order valence-corrected chi connectivity index (χ2v) is 10.2. The monoisotopic (exact) mass is 405 g/mol. The van der Waals surface area contributed by atoms with Gasteiger partial charge in [0.25, 0.3) is 0 Å². The molecule has 1 rings (SSSR count). The van der Waals surface area contributed by atoms with E-state index in [-0.39, 0.29) is 16.7 Å². The number of carbonyl (C=O) groups is 1. The third kappa shape index (κ3) is 8.38. The minimum absolute atomic E-state index is 0.0583. The molecule has 0 saturated heterocycles. The van der Waals surface area contributed by atoms with Crippen molar-refractivity contribution in [1.29, 1.82) is 0 Å². The number of amides is 1. The van der Waals surface area contributed by atoms with Gasteiger partial charge in [0.2, 0.25) is 5.91 Å². The van der Waals surface area contributed by atoms with Gasteiger partial charge >= 0.3 is 0 Å². The first-order valence-corrected chi connectivity index (χ1v) is 11.2. The van der Waals surface area contributed by atoms with Gasteiger partial charge in [-0.25, -0.2) is 0 Å². The van der Waals surface area contributed by atoms with Crippen molar-refractivity contribution in [2.75, 3.05) is 18.5 Å². The fourth-order valence-electron chi connectivity index (χ4n) is 3.39. The molecule has 4 heteroatoms. The molecule has 0 radical (unpaired) electrons. The van der Waals surface area contributed by atoms with Crippen molar-refractivity contribution in [2.45, 2.75) is 98.3 Å². The maximum absolute atomic E-state index is 12.5. The smallest absolute Gasteiger partial charge is 0.226 e. The molecule has 0 aliphatic rings. The molecule has 0 spiro atoms. The highest BCUT2D eigenvalue weighted by Gasteiger charge is 2.26. The number of ether oxygens (including phenoxy) is 1. The molecule has 1 atom stereocenters. The summed E-state index contributed by atoms with van der Waals surface area (Å²) in [4.78, 5) is 12.5. The van der Waals surface area contributed by atoms with Crippen molar-refractivity contribution in [2.24, 2.45) is 5.92 Å². The summed E-state index contributed by atoms with van der Waals surface area (Å²) in [6.07, 6.45) is 5.08. The highest BCUT2D eigenvalue weighted by atomic mass is 16.5. The number of nitrogens with one attached hydrogen (secondary N) is 1. The molecule has 166 valence electrons. The van der Waals surface area contributed by atoms with Crippen LogP contribution in [-0.2, 0) is 20.4 Å². The van der Waals surface area contributed by atoms with E-state index in [2.05, 4.69) is 60.7 Å². The Hall–Kier alpha value is -1.55. The first-order chi connectivity index (χ1) is 13.4. The fraction of sp³-hybridized carbons (Fsp3) is 0.720. The highest BCUT2D eigenvalue weighted by molar-refractivity contribution is 5.91. The van der Waals surface area contributed by atoms with E-state index in [0.717, 1.165) is 29.8 Å². The first kappa shape index (κ1) is 25.5. The number of benzene rings is 1. The van der Waals surface area contributed by atoms with Crippen LogP contribution < -0.4 is 5.32 Å². The van der Waals surface area contributed by atoms with Crippen LogP contribution in [0.25, 0.3) is 0 Å². The number of anilines is 1. The number of phenols is 1. The fourth-order valence-corrected chi connectivity index (χ4v) is 3.39. The van der Waals surface area contributed by atoms with Crippen molar-refractivity contribution in [3.05, 3.63) is 23.3 Å². The second-order valence-electron chi connectivity index (χ2n) is 10.2. The molecule has 0 bridgehead atoms. The van der Waals surface area contributed by atoms with Gasteiger partial charge in [-0.15, -0.1) is 0 Å². The zero-order valence-electron chi connectivity index (χ0n) is 19.9. The molecule has 0 aromatic heterocycles. The van der Waals surface area contributed by atoms with Crippen LogP contribution in [0.2, 0.25) is 0 Å². The number of phenolic OH excluding ortho intramolecular Hbond substituents is 1. The van der Waals surface area contributed by atoms with Crippen LogP contribution in [0.15, 0.2) is 12.1 Å². The van der Waals surface area contributed by atoms with E-state index in [9.17, 15) is 9.90 Å². The van der Waals surface area contributed by atoms with Gasteiger partial charge in [-0.2, -0.15) is 0 Å². The van der Waals surface area contributed by atoms with E-state index >= 15 is 0 Å². The predicted molar refractivity (Wildman–Crippen MR) is 123 cm³/mol. The summed E-state index contributed by atoms with van der Waals surface area (Å²) in [6, 6.07) is 3.78. The number of rotatable bonds is 10. The molecule has 0 aliphatic carbocycles. The number of unbranched alkanes of at least 4 members (excludes halogenated alkanes) is 1. The molecule has 4 nitrogen and oxygen atoms in total. The lowest BCUT2D eigenvalue weighted by Gasteiger charge is -2.28. The van der Waals surface area contributed by atoms with Gasteiger partial charge in [-0.1, -0.05) is 74.7 Å². The van der Waals surface area contributed by atoms with Crippen LogP contribution in [0.3, 0.4) is 0 Å². The van der Waals surface area contributed by atoms with Gasteiger partial charge in [-0.05, 0) is 35.3 Å². The van der Waals surface area contributed by atoms with Gasteiger partial charge in [0, 0.05) is 23.4 Å². The van der Waals surface area contributed by atoms with Gasteiger partial charge in [0.1, 0.15) is 5.75 Å². The van der Waals surface area contributed by atoms with Crippen LogP contribution in [0.5, 0.6) is 5.75 Å². The normalized spacial score (nSPS) is 13.4. The van der Waals surface area contributed by atoms with Crippen molar-refractivity contribution in [3.63, 3.8) is 0 Å². The van der Waals surface area contributed by atoms with Gasteiger partial charge < -0.3 is 15.2 Å². The van der Waals surface area contributed by atoms with Crippen molar-refractivity contribution in [1.82, 2.24) is 0 Å². The molecule has 1 amide bonds. The Morgan fingerprint density at radius 1 is 1.07 bits per heavy atom. The zero-order valence-corrected chi connectivity index (χ0v) is 19.9. The van der Waals surface area contributed by atoms with Crippen LogP contribution >= 0.6 is 0 Å². The molecular formula is C25H43NO3. The summed E-state index contributed by atoms with van der Waals surface area (Å²) in [5.41, 5.74) is 1.98. The molecule has 0 saturated carbocycles. The molecular weight excluding hydrogens is 362 g/mol. The Balaban J connectivity index is 2.76. The average molecular weight is 406 g/mol. The first-order valence-electron chi connectivity index (χ1n) is 11.2. The Morgan fingerprint density at radius 2 is 1.62 bits per heavy atom. The quantitative estimate of drug-likeness (QED) is 0.343. The third-order valence-corrected chi connectivity index (χ3v) is 5.38. The molecule has 1 aromatic rings. The summed E-state index contributed by atoms with van der Waals surface area (Å²) >= 11 is 0. The molecule has 0 heterocycles. The molecule has 0 aliphatic heterocycles. The second kappa shape index (κ2) is 11.0. The molecule has 1 unspecified atom stereocenters. The van der Waals surface area contributed by atoms with Crippen LogP contribution in [0.1, 0.15) is 98.6 Å². The number of hydrogen-bond acceptors (Lipinski definition) is 3. The molecule has 2 N–H and O–H groups in total. The number of aromatic hydroxyl groups is 1. The largest absolute Gasteiger partial charge is 0.507 e. The van der Waals surface area contributed by atoms with Gasteiger partial charge in [0.05, 0.1) is 13.0 Å². The maximum Gasteiger partial charge on any atom is 0.226 e. The van der Waals surface area contributed by atoms with E-state index in [4.69, 9.17) is 4.74 Å². The summed E-state index contributed by atoms with van der Waals surface area (Å²) < 4.78 is 5.77. The summed E-state index contributed by atoms with van der Waals surface area (Å²) in [5, 5.41) is 13.8. The van der Waals surface area contributed by atoms with E-state index < -0.39 is 0 Å². The SMILES string of the molecule is CCCCC(CC)COCCC(=O)Nc1cc(C(C)(C)C)c(O)c(C(C)(C)C)c1. The predicted octanol–water partition coefficient (Wildman–Crippen LogP) is 6.55.